The van der Waals surface area contributed by atoms with Gasteiger partial charge in [-0.05, 0) is 54.3 Å². The fraction of sp³-hybridized carbons (Fsp3) is 0.200. The first-order chi connectivity index (χ1) is 9.10. The van der Waals surface area contributed by atoms with Gasteiger partial charge in [0.1, 0.15) is 5.82 Å². The molecule has 4 heteroatoms. The Labute approximate surface area is 117 Å². The van der Waals surface area contributed by atoms with Gasteiger partial charge in [-0.3, -0.25) is 11.3 Å². The highest BCUT2D eigenvalue weighted by atomic mass is 35.5. The van der Waals surface area contributed by atoms with Crippen molar-refractivity contribution < 1.29 is 4.39 Å². The predicted molar refractivity (Wildman–Crippen MR) is 76.4 cm³/mol. The lowest BCUT2D eigenvalue weighted by Gasteiger charge is -2.19. The molecule has 0 spiro atoms. The number of nitrogens with one attached hydrogen (secondary N) is 1. The predicted octanol–water partition coefficient (Wildman–Crippen LogP) is 3.53. The minimum absolute atomic E-state index is 0.0703. The van der Waals surface area contributed by atoms with E-state index < -0.39 is 0 Å². The highest BCUT2D eigenvalue weighted by Gasteiger charge is 2.13. The van der Waals surface area contributed by atoms with E-state index in [0.29, 0.717) is 11.4 Å². The van der Waals surface area contributed by atoms with Gasteiger partial charge in [0, 0.05) is 5.02 Å². The zero-order valence-corrected chi connectivity index (χ0v) is 11.4. The molecule has 0 amide bonds. The van der Waals surface area contributed by atoms with Crippen LogP contribution in [0, 0.1) is 12.7 Å². The molecular formula is C15H16ClFN2. The van der Waals surface area contributed by atoms with Gasteiger partial charge in [-0.15, -0.1) is 0 Å². The Balaban J connectivity index is 2.25. The smallest absolute Gasteiger partial charge is 0.123 e. The van der Waals surface area contributed by atoms with Crippen molar-refractivity contribution in [3.63, 3.8) is 0 Å². The minimum atomic E-state index is -0.236. The first-order valence-electron chi connectivity index (χ1n) is 6.07. The van der Waals surface area contributed by atoms with Gasteiger partial charge in [-0.25, -0.2) is 4.39 Å². The molecule has 0 fully saturated rings. The van der Waals surface area contributed by atoms with Crippen LogP contribution in [0.5, 0.6) is 0 Å². The summed E-state index contributed by atoms with van der Waals surface area (Å²) in [6.45, 7) is 1.88. The number of hydrogen-bond donors (Lipinski definition) is 2. The van der Waals surface area contributed by atoms with E-state index in [0.717, 1.165) is 16.7 Å². The average Bonchev–Trinajstić information content (AvgIpc) is 2.37. The summed E-state index contributed by atoms with van der Waals surface area (Å²) in [6.07, 6.45) is 0.698. The van der Waals surface area contributed by atoms with E-state index in [9.17, 15) is 4.39 Å². The van der Waals surface area contributed by atoms with E-state index in [1.165, 1.54) is 12.1 Å². The zero-order chi connectivity index (χ0) is 13.8. The molecule has 0 saturated heterocycles. The van der Waals surface area contributed by atoms with Gasteiger partial charge in [-0.2, -0.15) is 0 Å². The maximum Gasteiger partial charge on any atom is 0.123 e. The fourth-order valence-corrected chi connectivity index (χ4v) is 2.40. The van der Waals surface area contributed by atoms with E-state index >= 15 is 0 Å². The van der Waals surface area contributed by atoms with Gasteiger partial charge in [0.25, 0.3) is 0 Å². The van der Waals surface area contributed by atoms with E-state index in [1.54, 1.807) is 6.07 Å². The summed E-state index contributed by atoms with van der Waals surface area (Å²) in [5.74, 6) is 5.38. The van der Waals surface area contributed by atoms with Gasteiger partial charge in [0.2, 0.25) is 0 Å². The lowest BCUT2D eigenvalue weighted by atomic mass is 9.96. The molecule has 1 unspecified atom stereocenters. The molecule has 3 N–H and O–H groups in total. The van der Waals surface area contributed by atoms with Crippen molar-refractivity contribution in [3.8, 4) is 0 Å². The quantitative estimate of drug-likeness (QED) is 0.663. The molecule has 0 aliphatic rings. The summed E-state index contributed by atoms with van der Waals surface area (Å²) in [5, 5.41) is 0.698. The number of benzene rings is 2. The molecule has 2 nitrogen and oxygen atoms in total. The third-order valence-electron chi connectivity index (χ3n) is 3.14. The number of halogens is 2. The van der Waals surface area contributed by atoms with Crippen molar-refractivity contribution in [1.82, 2.24) is 5.43 Å². The number of hydrogen-bond acceptors (Lipinski definition) is 2. The van der Waals surface area contributed by atoms with Crippen LogP contribution in [0.15, 0.2) is 42.5 Å². The van der Waals surface area contributed by atoms with Crippen molar-refractivity contribution >= 4 is 11.6 Å². The minimum Gasteiger partial charge on any atom is -0.271 e. The van der Waals surface area contributed by atoms with Crippen molar-refractivity contribution in [2.45, 2.75) is 19.4 Å². The van der Waals surface area contributed by atoms with Crippen LogP contribution in [0.4, 0.5) is 4.39 Å². The van der Waals surface area contributed by atoms with Crippen molar-refractivity contribution in [2.24, 2.45) is 5.84 Å². The van der Waals surface area contributed by atoms with Crippen LogP contribution >= 0.6 is 11.6 Å². The largest absolute Gasteiger partial charge is 0.271 e. The molecule has 2 aromatic carbocycles. The number of aryl methyl sites for hydroxylation is 1. The van der Waals surface area contributed by atoms with E-state index in [-0.39, 0.29) is 11.9 Å². The first-order valence-corrected chi connectivity index (χ1v) is 6.44. The van der Waals surface area contributed by atoms with E-state index in [1.807, 2.05) is 31.2 Å². The molecule has 0 aromatic heterocycles. The Morgan fingerprint density at radius 2 is 2.05 bits per heavy atom. The summed E-state index contributed by atoms with van der Waals surface area (Å²) >= 11 is 5.97. The lowest BCUT2D eigenvalue weighted by molar-refractivity contribution is 0.546. The van der Waals surface area contributed by atoms with Crippen LogP contribution in [0.3, 0.4) is 0 Å². The number of rotatable bonds is 4. The zero-order valence-electron chi connectivity index (χ0n) is 10.7. The second kappa shape index (κ2) is 6.15. The molecule has 0 aliphatic heterocycles. The van der Waals surface area contributed by atoms with Gasteiger partial charge < -0.3 is 0 Å². The molecule has 0 bridgehead atoms. The third kappa shape index (κ3) is 3.53. The average molecular weight is 279 g/mol. The lowest BCUT2D eigenvalue weighted by Crippen LogP contribution is -2.30. The molecule has 1 atom stereocenters. The third-order valence-corrected chi connectivity index (χ3v) is 3.37. The monoisotopic (exact) mass is 278 g/mol. The Hall–Kier alpha value is -1.42. The topological polar surface area (TPSA) is 38.0 Å². The van der Waals surface area contributed by atoms with Crippen LogP contribution in [0.1, 0.15) is 22.7 Å². The second-order valence-corrected chi connectivity index (χ2v) is 4.99. The van der Waals surface area contributed by atoms with Crippen molar-refractivity contribution in [3.05, 3.63) is 70.0 Å². The Kier molecular flexibility index (Phi) is 4.53. The first kappa shape index (κ1) is 14.0. The molecule has 100 valence electrons. The van der Waals surface area contributed by atoms with E-state index in [2.05, 4.69) is 5.43 Å². The van der Waals surface area contributed by atoms with Crippen molar-refractivity contribution in [1.29, 1.82) is 0 Å². The van der Waals surface area contributed by atoms with E-state index in [4.69, 9.17) is 17.4 Å². The molecule has 0 aliphatic carbocycles. The Morgan fingerprint density at radius 3 is 2.68 bits per heavy atom. The Morgan fingerprint density at radius 1 is 1.26 bits per heavy atom. The molecule has 19 heavy (non-hydrogen) atoms. The number of hydrazine groups is 1. The van der Waals surface area contributed by atoms with Crippen LogP contribution < -0.4 is 11.3 Å². The highest BCUT2D eigenvalue weighted by Crippen LogP contribution is 2.23. The summed E-state index contributed by atoms with van der Waals surface area (Å²) in [5.41, 5.74) is 5.73. The van der Waals surface area contributed by atoms with Crippen LogP contribution in [-0.2, 0) is 6.42 Å². The molecule has 0 heterocycles. The summed E-state index contributed by atoms with van der Waals surface area (Å²) in [4.78, 5) is 0. The van der Waals surface area contributed by atoms with Gasteiger partial charge in [0.15, 0.2) is 0 Å². The van der Waals surface area contributed by atoms with Crippen LogP contribution in [0.2, 0.25) is 5.02 Å². The summed E-state index contributed by atoms with van der Waals surface area (Å²) in [6, 6.07) is 12.3. The maximum absolute atomic E-state index is 13.1. The molecular weight excluding hydrogens is 263 g/mol. The molecule has 0 radical (unpaired) electrons. The maximum atomic E-state index is 13.1. The van der Waals surface area contributed by atoms with Crippen LogP contribution in [-0.4, -0.2) is 0 Å². The van der Waals surface area contributed by atoms with Crippen LogP contribution in [0.25, 0.3) is 0 Å². The second-order valence-electron chi connectivity index (χ2n) is 4.55. The van der Waals surface area contributed by atoms with Gasteiger partial charge in [-0.1, -0.05) is 29.8 Å². The van der Waals surface area contributed by atoms with Crippen molar-refractivity contribution in [2.75, 3.05) is 0 Å². The SMILES string of the molecule is Cc1cc(F)ccc1C(Cc1cccc(Cl)c1)NN. The number of nitrogens with two attached hydrogens (primary N) is 1. The van der Waals surface area contributed by atoms with Gasteiger partial charge in [0.05, 0.1) is 6.04 Å². The molecule has 0 saturated carbocycles. The normalized spacial score (nSPS) is 12.4. The summed E-state index contributed by atoms with van der Waals surface area (Å²) < 4.78 is 13.1. The van der Waals surface area contributed by atoms with Gasteiger partial charge >= 0.3 is 0 Å². The Bertz CT molecular complexity index is 572. The standard InChI is InChI=1S/C15H16ClFN2/c1-10-7-13(17)5-6-14(10)15(19-18)9-11-3-2-4-12(16)8-11/h2-8,15,19H,9,18H2,1H3. The summed E-state index contributed by atoms with van der Waals surface area (Å²) in [7, 11) is 0. The molecule has 2 aromatic rings. The molecule has 2 rings (SSSR count). The highest BCUT2D eigenvalue weighted by molar-refractivity contribution is 6.30. The fourth-order valence-electron chi connectivity index (χ4n) is 2.19.